The van der Waals surface area contributed by atoms with E-state index in [0.29, 0.717) is 0 Å². The molecule has 40 heteroatoms. The lowest BCUT2D eigenvalue weighted by Crippen LogP contribution is -2.15. The molecule has 0 aromatic heterocycles. The van der Waals surface area contributed by atoms with E-state index in [1.54, 1.807) is 0 Å². The fourth-order valence-electron chi connectivity index (χ4n) is 10.4. The molecule has 0 heterocycles. The fourth-order valence-corrected chi connectivity index (χ4v) is 10.4. The molecule has 0 saturated carbocycles. The van der Waals surface area contributed by atoms with E-state index in [0.717, 1.165) is 0 Å². The second-order valence-electron chi connectivity index (χ2n) is 20.2. The van der Waals surface area contributed by atoms with Gasteiger partial charge in [-0.1, -0.05) is 0 Å². The molecule has 0 saturated heterocycles. The van der Waals surface area contributed by atoms with Gasteiger partial charge in [0, 0.05) is 11.1 Å². The van der Waals surface area contributed by atoms with Crippen molar-refractivity contribution >= 4 is 0 Å². The zero-order valence-corrected chi connectivity index (χ0v) is 46.2. The first-order valence-corrected chi connectivity index (χ1v) is 25.4. The molecular weight excluding hydrogens is 1490 g/mol. The van der Waals surface area contributed by atoms with Crippen LogP contribution in [0.3, 0.4) is 0 Å². The molecule has 0 radical (unpaired) electrons. The molecule has 0 atom stereocenters. The Hall–Kier alpha value is -10.6. The number of hydrogen-bond donors (Lipinski definition) is 0. The molecule has 10 aromatic carbocycles. The van der Waals surface area contributed by atoms with E-state index in [1.807, 2.05) is 0 Å². The molecule has 10 aromatic rings. The van der Waals surface area contributed by atoms with Crippen LogP contribution in [-0.2, 0) is 0 Å². The molecule has 0 amide bonds. The first-order chi connectivity index (χ1) is 46.8. The Balaban J connectivity index is 1.46. The first kappa shape index (κ1) is 73.1. The van der Waals surface area contributed by atoms with E-state index in [2.05, 4.69) is 0 Å². The van der Waals surface area contributed by atoms with Crippen LogP contribution in [0.2, 0.25) is 0 Å². The van der Waals surface area contributed by atoms with Crippen LogP contribution < -0.4 is 0 Å². The molecule has 528 valence electrons. The van der Waals surface area contributed by atoms with Crippen molar-refractivity contribution in [2.24, 2.45) is 0 Å². The van der Waals surface area contributed by atoms with Gasteiger partial charge in [-0.2, -0.15) is 0 Å². The third kappa shape index (κ3) is 9.99. The summed E-state index contributed by atoms with van der Waals surface area (Å²) in [4.78, 5) is 0. The zero-order valence-electron chi connectivity index (χ0n) is 46.2. The predicted molar refractivity (Wildman–Crippen MR) is 258 cm³/mol. The number of rotatable bonds is 9. The summed E-state index contributed by atoms with van der Waals surface area (Å²) in [6.07, 6.45) is 0. The number of halogens is 40. The van der Waals surface area contributed by atoms with E-state index < -0.39 is 344 Å². The van der Waals surface area contributed by atoms with Gasteiger partial charge in [-0.05, 0) is 18.6 Å². The van der Waals surface area contributed by atoms with Crippen molar-refractivity contribution in [1.29, 1.82) is 0 Å². The van der Waals surface area contributed by atoms with Gasteiger partial charge in [0.15, 0.2) is 163 Å². The molecule has 0 spiro atoms. The summed E-state index contributed by atoms with van der Waals surface area (Å²) in [5.41, 5.74) is -62.8. The molecular formula is C61H4F40. The molecule has 10 rings (SSSR count). The molecule has 0 bridgehead atoms. The van der Waals surface area contributed by atoms with Gasteiger partial charge in [0.2, 0.25) is 23.3 Å². The summed E-state index contributed by atoms with van der Waals surface area (Å²) in [5, 5.41) is 0. The minimum Gasteiger partial charge on any atom is -0.206 e. The largest absolute Gasteiger partial charge is 0.206 e. The molecule has 0 N–H and O–H groups in total. The minimum atomic E-state index is -4.16. The molecule has 0 nitrogen and oxygen atoms in total. The van der Waals surface area contributed by atoms with E-state index in [9.17, 15) is 52.7 Å². The standard InChI is InChI=1S/C61H4F40/c1-3-6(9-42(82)50(90)58(98)51(91)43(9)83)31(71)33(73)11(23(3)63)12-25(65)7(4-2-5(62)8(32(72)24(4)64)10-44(84)52(92)59(99)53(93)45(10)85)26(66)13(27(12)67)14-28(68)15(17-34(74)38(78)19(39(79)35(17)75)21-46(86)54(94)60(100)55(95)47(21)87)30(70)16(29(14)69)18-36(76)40(80)20(41(81)37(18)77)22-48(88)56(96)61(101)57(97)49(22)89/h2H,1H3. The zero-order chi connectivity index (χ0) is 75.8. The highest BCUT2D eigenvalue weighted by molar-refractivity contribution is 5.92. The molecule has 0 fully saturated rings. The van der Waals surface area contributed by atoms with Crippen molar-refractivity contribution in [1.82, 2.24) is 0 Å². The van der Waals surface area contributed by atoms with Gasteiger partial charge >= 0.3 is 0 Å². The Morgan fingerprint density at radius 1 is 0.119 bits per heavy atom. The Labute approximate surface area is 526 Å². The van der Waals surface area contributed by atoms with Crippen molar-refractivity contribution in [3.05, 3.63) is 244 Å². The van der Waals surface area contributed by atoms with Gasteiger partial charge in [0.1, 0.15) is 46.5 Å². The van der Waals surface area contributed by atoms with Crippen LogP contribution in [0.15, 0.2) is 6.07 Å². The lowest BCUT2D eigenvalue weighted by Gasteiger charge is -2.23. The van der Waals surface area contributed by atoms with Gasteiger partial charge in [0.05, 0.1) is 89.0 Å². The second-order valence-corrected chi connectivity index (χ2v) is 20.2. The topological polar surface area (TPSA) is 0 Å². The third-order valence-corrected chi connectivity index (χ3v) is 15.0. The van der Waals surface area contributed by atoms with Crippen LogP contribution >= 0.6 is 0 Å². The number of hydrogen-bond acceptors (Lipinski definition) is 0. The second kappa shape index (κ2) is 24.9. The number of benzene rings is 10. The Bertz CT molecular complexity index is 5110. The van der Waals surface area contributed by atoms with E-state index in [1.165, 1.54) is 0 Å². The summed E-state index contributed by atoms with van der Waals surface area (Å²) in [6.45, 7) is -0.257. The summed E-state index contributed by atoms with van der Waals surface area (Å²) < 4.78 is 630. The van der Waals surface area contributed by atoms with Crippen LogP contribution in [0.4, 0.5) is 176 Å². The smallest absolute Gasteiger partial charge is 0.200 e. The highest BCUT2D eigenvalue weighted by atomic mass is 19.2. The maximum atomic E-state index is 17.9. The molecule has 0 aliphatic rings. The third-order valence-electron chi connectivity index (χ3n) is 15.0. The monoisotopic (exact) mass is 1500 g/mol. The van der Waals surface area contributed by atoms with Crippen LogP contribution in [0.25, 0.3) is 100 Å². The van der Waals surface area contributed by atoms with Crippen molar-refractivity contribution < 1.29 is 176 Å². The normalized spacial score (nSPS) is 11.8. The van der Waals surface area contributed by atoms with E-state index in [-0.39, 0.29) is 6.92 Å². The molecule has 0 unspecified atom stereocenters. The van der Waals surface area contributed by atoms with Gasteiger partial charge in [-0.3, -0.25) is 0 Å². The maximum absolute atomic E-state index is 17.9. The van der Waals surface area contributed by atoms with Gasteiger partial charge in [0.25, 0.3) is 0 Å². The average Bonchev–Trinajstić information content (AvgIpc) is 0.708. The fraction of sp³-hybridized carbons (Fsp3) is 0.0164. The quantitative estimate of drug-likeness (QED) is 0.0768. The summed E-state index contributed by atoms with van der Waals surface area (Å²) in [6, 6.07) is -1.26. The van der Waals surface area contributed by atoms with Crippen molar-refractivity contribution in [2.45, 2.75) is 6.92 Å². The Kier molecular flexibility index (Phi) is 18.1. The van der Waals surface area contributed by atoms with Gasteiger partial charge in [-0.15, -0.1) is 0 Å². The van der Waals surface area contributed by atoms with E-state index >= 15 is 123 Å². The summed E-state index contributed by atoms with van der Waals surface area (Å²) in [5.74, 6) is -143. The van der Waals surface area contributed by atoms with Crippen LogP contribution in [0.1, 0.15) is 5.56 Å². The highest BCUT2D eigenvalue weighted by Gasteiger charge is 2.46. The SMILES string of the molecule is Cc1c(F)c(-c2c(F)c(-c3cc(F)c(-c4c(F)c(F)c(F)c(F)c4F)c(F)c3F)c(F)c(-c3c(F)c(-c4c(F)c(F)c(-c5c(F)c(F)c(F)c(F)c5F)c(F)c4F)c(F)c(-c4c(F)c(F)c(-c5c(F)c(F)c(F)c(F)c5F)c(F)c4F)c3F)c2F)c(F)c(F)c1-c1c(F)c(F)c(F)c(F)c1F. The van der Waals surface area contributed by atoms with E-state index in [4.69, 9.17) is 0 Å². The average molecular weight is 1500 g/mol. The molecule has 0 aliphatic carbocycles. The van der Waals surface area contributed by atoms with Crippen molar-refractivity contribution in [3.63, 3.8) is 0 Å². The maximum Gasteiger partial charge on any atom is 0.200 e. The predicted octanol–water partition coefficient (Wildman–Crippen LogP) is 22.6. The lowest BCUT2D eigenvalue weighted by molar-refractivity contribution is 0.379. The minimum absolute atomic E-state index is 0.257. The summed E-state index contributed by atoms with van der Waals surface area (Å²) in [7, 11) is 0. The Morgan fingerprint density at radius 2 is 0.248 bits per heavy atom. The van der Waals surface area contributed by atoms with Crippen molar-refractivity contribution in [2.75, 3.05) is 0 Å². The Morgan fingerprint density at radius 3 is 0.465 bits per heavy atom. The van der Waals surface area contributed by atoms with Gasteiger partial charge < -0.3 is 0 Å². The van der Waals surface area contributed by atoms with Crippen LogP contribution in [-0.4, -0.2) is 0 Å². The van der Waals surface area contributed by atoms with Gasteiger partial charge in [-0.25, -0.2) is 176 Å². The lowest BCUT2D eigenvalue weighted by atomic mass is 9.84. The molecule has 101 heavy (non-hydrogen) atoms. The van der Waals surface area contributed by atoms with Crippen LogP contribution in [0, 0.1) is 240 Å². The molecule has 0 aliphatic heterocycles. The van der Waals surface area contributed by atoms with Crippen molar-refractivity contribution in [3.8, 4) is 100 Å². The van der Waals surface area contributed by atoms with Crippen LogP contribution in [0.5, 0.6) is 0 Å². The highest BCUT2D eigenvalue weighted by Crippen LogP contribution is 2.54. The first-order valence-electron chi connectivity index (χ1n) is 25.4. The summed E-state index contributed by atoms with van der Waals surface area (Å²) >= 11 is 0.